The highest BCUT2D eigenvalue weighted by molar-refractivity contribution is 6.04. The van der Waals surface area contributed by atoms with Crippen molar-refractivity contribution >= 4 is 23.3 Å². The minimum Gasteiger partial charge on any atom is -0.405 e. The van der Waals surface area contributed by atoms with Gasteiger partial charge in [0.15, 0.2) is 0 Å². The minimum atomic E-state index is -5.10. The first-order valence-corrected chi connectivity index (χ1v) is 17.5. The smallest absolute Gasteiger partial charge is 0.405 e. The number of ether oxygens (including phenoxy) is 2. The molecule has 2 fully saturated rings. The van der Waals surface area contributed by atoms with Crippen LogP contribution in [0.25, 0.3) is 22.4 Å². The van der Waals surface area contributed by atoms with Crippen molar-refractivity contribution in [3.8, 4) is 28.1 Å². The number of hydrogen-bond acceptors (Lipinski definition) is 9. The number of piperazine rings is 1. The highest BCUT2D eigenvalue weighted by Gasteiger charge is 2.36. The highest BCUT2D eigenvalue weighted by atomic mass is 19.4. The molecule has 2 amide bonds. The van der Waals surface area contributed by atoms with Crippen LogP contribution in [0, 0.1) is 11.2 Å². The summed E-state index contributed by atoms with van der Waals surface area (Å²) in [7, 11) is 3.67. The Kier molecular flexibility index (Phi) is 11.0. The van der Waals surface area contributed by atoms with Crippen LogP contribution < -0.4 is 15.0 Å². The van der Waals surface area contributed by atoms with Gasteiger partial charge in [-0.2, -0.15) is 0 Å². The van der Waals surface area contributed by atoms with E-state index in [2.05, 4.69) is 29.9 Å². The first-order valence-electron chi connectivity index (χ1n) is 17.5. The number of H-pyrrole nitrogens is 1. The number of aromatic amines is 1. The van der Waals surface area contributed by atoms with Gasteiger partial charge in [-0.3, -0.25) is 14.5 Å². The minimum absolute atomic E-state index is 0.0438. The lowest BCUT2D eigenvalue weighted by atomic mass is 9.92. The molecule has 288 valence electrons. The second-order valence-corrected chi connectivity index (χ2v) is 14.4. The molecule has 2 aromatic heterocycles. The number of methoxy groups -OCH3 is 1. The molecule has 16 heteroatoms. The summed E-state index contributed by atoms with van der Waals surface area (Å²) >= 11 is 0. The Morgan fingerprint density at radius 3 is 2.35 bits per heavy atom. The number of imidazole rings is 1. The van der Waals surface area contributed by atoms with Crippen LogP contribution in [-0.4, -0.2) is 107 Å². The number of anilines is 2. The maximum absolute atomic E-state index is 15.5. The van der Waals surface area contributed by atoms with E-state index in [1.807, 2.05) is 18.9 Å². The van der Waals surface area contributed by atoms with Crippen LogP contribution in [0.5, 0.6) is 5.75 Å². The van der Waals surface area contributed by atoms with E-state index in [9.17, 15) is 27.9 Å². The van der Waals surface area contributed by atoms with Gasteiger partial charge in [-0.15, -0.1) is 13.2 Å². The lowest BCUT2D eigenvalue weighted by Crippen LogP contribution is -2.56. The fourth-order valence-corrected chi connectivity index (χ4v) is 6.87. The molecule has 0 spiro atoms. The fourth-order valence-electron chi connectivity index (χ4n) is 6.87. The van der Waals surface area contributed by atoms with Gasteiger partial charge in [0.2, 0.25) is 5.91 Å². The van der Waals surface area contributed by atoms with Crippen molar-refractivity contribution in [3.63, 3.8) is 0 Å². The number of halogens is 4. The average Bonchev–Trinajstić information content (AvgIpc) is 3.78. The molecule has 12 nitrogen and oxygen atoms in total. The number of amides is 2. The molecule has 2 aliphatic rings. The number of nitrogens with one attached hydrogen (secondary N) is 2. The first kappa shape index (κ1) is 38.7. The highest BCUT2D eigenvalue weighted by Crippen LogP contribution is 2.39. The summed E-state index contributed by atoms with van der Waals surface area (Å²) in [5.74, 6) is -1.30. The van der Waals surface area contributed by atoms with Gasteiger partial charge in [-0.05, 0) is 63.6 Å². The second kappa shape index (κ2) is 15.4. The molecule has 2 unspecified atom stereocenters. The molecule has 0 aliphatic carbocycles. The average molecular weight is 754 g/mol. The molecule has 0 saturated carbocycles. The number of carbonyl (C=O) groups excluding carboxylic acids is 2. The lowest BCUT2D eigenvalue weighted by Gasteiger charge is -2.42. The number of carbonyl (C=O) groups is 2. The Hall–Kier alpha value is -5.06. The molecule has 2 saturated heterocycles. The molecule has 54 heavy (non-hydrogen) atoms. The van der Waals surface area contributed by atoms with Crippen molar-refractivity contribution in [1.82, 2.24) is 24.8 Å². The van der Waals surface area contributed by atoms with E-state index >= 15 is 4.39 Å². The van der Waals surface area contributed by atoms with Gasteiger partial charge in [0, 0.05) is 57.2 Å². The van der Waals surface area contributed by atoms with Crippen molar-refractivity contribution in [2.75, 3.05) is 57.2 Å². The van der Waals surface area contributed by atoms with Gasteiger partial charge in [0.05, 0.1) is 47.3 Å². The van der Waals surface area contributed by atoms with Crippen molar-refractivity contribution < 1.29 is 41.7 Å². The monoisotopic (exact) mass is 753 g/mol. The topological polar surface area (TPSA) is 136 Å². The third kappa shape index (κ3) is 8.35. The standard InChI is InChI=1S/C38H43F4N7O5/c1-22-19-48(36(52)37(2,3)21-50)12-13-49(22)33-11-10-25(17-43-33)35(51)46-29-16-32(54-38(40,41)42)27(15-28(29)39)23-6-8-24(9-7-23)30-18-44-34(45-30)31-14-26(53-5)20-47(31)4/h6-11,15-18,22,26,31,50H,12-14,19-21H2,1-5H3,(H,44,45)(H,46,51)/t22-,26?,31?/m1/s1. The zero-order valence-electron chi connectivity index (χ0n) is 30.6. The van der Waals surface area contributed by atoms with E-state index in [-0.39, 0.29) is 47.4 Å². The molecule has 4 heterocycles. The molecular formula is C38H43F4N7O5. The van der Waals surface area contributed by atoms with Crippen molar-refractivity contribution in [2.24, 2.45) is 5.41 Å². The number of nitrogens with zero attached hydrogens (tertiary/aromatic N) is 5. The van der Waals surface area contributed by atoms with E-state index in [1.54, 1.807) is 62.4 Å². The number of hydrogen-bond donors (Lipinski definition) is 3. The Balaban J connectivity index is 1.16. The number of aromatic nitrogens is 3. The molecule has 0 radical (unpaired) electrons. The predicted octanol–water partition coefficient (Wildman–Crippen LogP) is 5.88. The van der Waals surface area contributed by atoms with Gasteiger partial charge in [-0.1, -0.05) is 24.3 Å². The van der Waals surface area contributed by atoms with Crippen LogP contribution in [-0.2, 0) is 9.53 Å². The number of pyridine rings is 1. The maximum atomic E-state index is 15.5. The van der Waals surface area contributed by atoms with Crippen LogP contribution in [0.2, 0.25) is 0 Å². The summed E-state index contributed by atoms with van der Waals surface area (Å²) in [5, 5.41) is 11.9. The summed E-state index contributed by atoms with van der Waals surface area (Å²) in [6.07, 6.45) is -1.25. The van der Waals surface area contributed by atoms with Crippen molar-refractivity contribution in [1.29, 1.82) is 0 Å². The molecule has 6 rings (SSSR count). The third-order valence-electron chi connectivity index (χ3n) is 10.00. The van der Waals surface area contributed by atoms with Gasteiger partial charge < -0.3 is 34.7 Å². The number of rotatable bonds is 10. The zero-order valence-corrected chi connectivity index (χ0v) is 30.6. The number of alkyl halides is 3. The number of benzene rings is 2. The van der Waals surface area contributed by atoms with Crippen molar-refractivity contribution in [2.45, 2.75) is 51.7 Å². The number of aliphatic hydroxyl groups is 1. The van der Waals surface area contributed by atoms with Gasteiger partial charge in [0.1, 0.15) is 23.2 Å². The van der Waals surface area contributed by atoms with Crippen LogP contribution in [0.15, 0.2) is 60.9 Å². The summed E-state index contributed by atoms with van der Waals surface area (Å²) < 4.78 is 66.0. The molecule has 0 bridgehead atoms. The van der Waals surface area contributed by atoms with Gasteiger partial charge >= 0.3 is 6.36 Å². The molecular weight excluding hydrogens is 710 g/mol. The molecule has 4 aromatic rings. The molecule has 2 aromatic carbocycles. The Labute approximate surface area is 310 Å². The fraction of sp³-hybridized carbons (Fsp3) is 0.421. The van der Waals surface area contributed by atoms with Crippen LogP contribution in [0.4, 0.5) is 29.1 Å². The first-order chi connectivity index (χ1) is 25.6. The van der Waals surface area contributed by atoms with E-state index in [4.69, 9.17) is 4.74 Å². The summed E-state index contributed by atoms with van der Waals surface area (Å²) in [6.45, 7) is 7.09. The number of aliphatic hydroxyl groups excluding tert-OH is 1. The van der Waals surface area contributed by atoms with E-state index in [0.717, 1.165) is 36.5 Å². The van der Waals surface area contributed by atoms with E-state index < -0.39 is 34.9 Å². The summed E-state index contributed by atoms with van der Waals surface area (Å²) in [4.78, 5) is 44.0. The quantitative estimate of drug-likeness (QED) is 0.170. The maximum Gasteiger partial charge on any atom is 0.573 e. The SMILES string of the molecule is COC1CC(c2ncc(-c3ccc(-c4cc(F)c(NC(=O)c5ccc(N6CCN(C(=O)C(C)(C)CO)C[C@H]6C)nc5)cc4OC(F)(F)F)cc3)[nH]2)N(C)C1. The van der Waals surface area contributed by atoms with Gasteiger partial charge in [-0.25, -0.2) is 14.4 Å². The normalized spacial score (nSPS) is 19.6. The van der Waals surface area contributed by atoms with E-state index in [0.29, 0.717) is 31.1 Å². The predicted molar refractivity (Wildman–Crippen MR) is 193 cm³/mol. The number of likely N-dealkylation sites (tertiary alicyclic amines) is 1. The second-order valence-electron chi connectivity index (χ2n) is 14.4. The Morgan fingerprint density at radius 2 is 1.74 bits per heavy atom. The van der Waals surface area contributed by atoms with Crippen LogP contribution in [0.1, 0.15) is 49.4 Å². The Morgan fingerprint density at radius 1 is 1.02 bits per heavy atom. The largest absolute Gasteiger partial charge is 0.573 e. The lowest BCUT2D eigenvalue weighted by molar-refractivity contribution is -0.274. The van der Waals surface area contributed by atoms with Crippen LogP contribution in [0.3, 0.4) is 0 Å². The van der Waals surface area contributed by atoms with Crippen molar-refractivity contribution in [3.05, 3.63) is 78.1 Å². The van der Waals surface area contributed by atoms with Gasteiger partial charge in [0.25, 0.3) is 5.91 Å². The molecule has 2 aliphatic heterocycles. The summed E-state index contributed by atoms with van der Waals surface area (Å²) in [5.41, 5.74) is 0.149. The Bertz CT molecular complexity index is 1970. The zero-order chi connectivity index (χ0) is 38.9. The molecule has 3 atom stereocenters. The van der Waals surface area contributed by atoms with Crippen LogP contribution >= 0.6 is 0 Å². The summed E-state index contributed by atoms with van der Waals surface area (Å²) in [6, 6.07) is 11.2. The van der Waals surface area contributed by atoms with E-state index in [1.165, 1.54) is 12.3 Å². The molecule has 3 N–H and O–H groups in total. The third-order valence-corrected chi connectivity index (χ3v) is 10.00. The number of likely N-dealkylation sites (N-methyl/N-ethyl adjacent to an activating group) is 1.